The topological polar surface area (TPSA) is 96.7 Å². The molecule has 0 atom stereocenters. The predicted molar refractivity (Wildman–Crippen MR) is 76.3 cm³/mol. The molecular formula is C14H15N5O. The molecule has 2 rings (SSSR count). The molecule has 1 heterocycles. The van der Waals surface area contributed by atoms with Crippen molar-refractivity contribution in [1.82, 2.24) is 9.78 Å². The van der Waals surface area contributed by atoms with Gasteiger partial charge in [0.05, 0.1) is 30.1 Å². The lowest BCUT2D eigenvalue weighted by atomic mass is 10.1. The summed E-state index contributed by atoms with van der Waals surface area (Å²) in [6.07, 6.45) is 1.60. The van der Waals surface area contributed by atoms with Crippen molar-refractivity contribution < 1.29 is 0 Å². The maximum absolute atomic E-state index is 11.9. The van der Waals surface area contributed by atoms with Gasteiger partial charge < -0.3 is 11.1 Å². The molecule has 0 aliphatic rings. The van der Waals surface area contributed by atoms with Crippen LogP contribution in [-0.4, -0.2) is 22.9 Å². The minimum atomic E-state index is -0.184. The number of hydrogen-bond acceptors (Lipinski definition) is 5. The molecule has 0 aliphatic heterocycles. The molecule has 0 fully saturated rings. The maximum atomic E-state index is 11.9. The maximum Gasteiger partial charge on any atom is 0.269 e. The Morgan fingerprint density at radius 1 is 1.35 bits per heavy atom. The van der Waals surface area contributed by atoms with Crippen molar-refractivity contribution in [2.75, 3.05) is 18.4 Å². The van der Waals surface area contributed by atoms with Gasteiger partial charge in [-0.1, -0.05) is 12.1 Å². The van der Waals surface area contributed by atoms with Crippen LogP contribution >= 0.6 is 0 Å². The molecule has 0 saturated carbocycles. The molecule has 1 aromatic heterocycles. The van der Waals surface area contributed by atoms with Crippen LogP contribution in [0.2, 0.25) is 0 Å². The van der Waals surface area contributed by atoms with E-state index in [1.54, 1.807) is 18.3 Å². The molecule has 0 unspecified atom stereocenters. The van der Waals surface area contributed by atoms with E-state index in [2.05, 4.69) is 16.5 Å². The molecule has 0 spiro atoms. The monoisotopic (exact) mass is 269 g/mol. The van der Waals surface area contributed by atoms with Crippen LogP contribution in [-0.2, 0) is 6.54 Å². The second-order valence-corrected chi connectivity index (χ2v) is 4.26. The Labute approximate surface area is 116 Å². The number of nitriles is 1. The number of hydrogen-bond donors (Lipinski definition) is 2. The second-order valence-electron chi connectivity index (χ2n) is 4.26. The average molecular weight is 269 g/mol. The number of benzene rings is 1. The number of nitrogens with zero attached hydrogens (tertiary/aromatic N) is 3. The predicted octanol–water partition coefficient (Wildman–Crippen LogP) is 0.534. The summed E-state index contributed by atoms with van der Waals surface area (Å²) in [7, 11) is 0. The van der Waals surface area contributed by atoms with E-state index in [0.29, 0.717) is 30.9 Å². The molecule has 1 aromatic carbocycles. The molecule has 2 aromatic rings. The van der Waals surface area contributed by atoms with Crippen molar-refractivity contribution in [2.45, 2.75) is 6.54 Å². The highest BCUT2D eigenvalue weighted by atomic mass is 16.1. The van der Waals surface area contributed by atoms with Crippen LogP contribution in [0.4, 0.5) is 5.69 Å². The zero-order valence-corrected chi connectivity index (χ0v) is 10.9. The van der Waals surface area contributed by atoms with Gasteiger partial charge in [0, 0.05) is 19.2 Å². The molecule has 6 heteroatoms. The third kappa shape index (κ3) is 3.43. The molecule has 6 nitrogen and oxygen atoms in total. The van der Waals surface area contributed by atoms with Crippen molar-refractivity contribution in [2.24, 2.45) is 5.73 Å². The first-order valence-corrected chi connectivity index (χ1v) is 6.23. The van der Waals surface area contributed by atoms with Crippen molar-refractivity contribution in [3.63, 3.8) is 0 Å². The lowest BCUT2D eigenvalue weighted by Gasteiger charge is -2.07. The molecule has 0 amide bonds. The third-order valence-corrected chi connectivity index (χ3v) is 2.76. The third-order valence-electron chi connectivity index (χ3n) is 2.76. The van der Waals surface area contributed by atoms with Gasteiger partial charge in [-0.2, -0.15) is 10.4 Å². The van der Waals surface area contributed by atoms with Crippen LogP contribution in [0.3, 0.4) is 0 Å². The normalized spacial score (nSPS) is 10.0. The van der Waals surface area contributed by atoms with Gasteiger partial charge in [0.15, 0.2) is 0 Å². The fourth-order valence-corrected chi connectivity index (χ4v) is 1.72. The van der Waals surface area contributed by atoms with E-state index in [0.717, 1.165) is 5.56 Å². The number of nitrogens with one attached hydrogen (secondary N) is 1. The number of aromatic nitrogens is 2. The molecule has 3 N–H and O–H groups in total. The van der Waals surface area contributed by atoms with E-state index in [4.69, 9.17) is 11.0 Å². The zero-order valence-electron chi connectivity index (χ0n) is 10.9. The zero-order chi connectivity index (χ0) is 14.4. The summed E-state index contributed by atoms with van der Waals surface area (Å²) in [6.45, 7) is 1.47. The quantitative estimate of drug-likeness (QED) is 0.825. The van der Waals surface area contributed by atoms with E-state index in [-0.39, 0.29) is 5.56 Å². The summed E-state index contributed by atoms with van der Waals surface area (Å²) in [4.78, 5) is 11.9. The van der Waals surface area contributed by atoms with Gasteiger partial charge in [-0.25, -0.2) is 4.68 Å². The molecular weight excluding hydrogens is 254 g/mol. The van der Waals surface area contributed by atoms with Crippen molar-refractivity contribution >= 4 is 5.69 Å². The van der Waals surface area contributed by atoms with Crippen LogP contribution in [0.25, 0.3) is 0 Å². The lowest BCUT2D eigenvalue weighted by Crippen LogP contribution is -2.24. The highest BCUT2D eigenvalue weighted by Crippen LogP contribution is 2.05. The smallest absolute Gasteiger partial charge is 0.269 e. The Morgan fingerprint density at radius 3 is 2.70 bits per heavy atom. The van der Waals surface area contributed by atoms with Crippen LogP contribution in [0, 0.1) is 11.3 Å². The van der Waals surface area contributed by atoms with Gasteiger partial charge in [-0.05, 0) is 17.7 Å². The van der Waals surface area contributed by atoms with Crippen LogP contribution in [0.15, 0.2) is 41.3 Å². The Bertz CT molecular complexity index is 669. The van der Waals surface area contributed by atoms with Gasteiger partial charge in [0.2, 0.25) is 0 Å². The van der Waals surface area contributed by atoms with Crippen molar-refractivity contribution in [3.8, 4) is 6.07 Å². The van der Waals surface area contributed by atoms with Crippen LogP contribution in [0.5, 0.6) is 0 Å². The Kier molecular flexibility index (Phi) is 4.47. The van der Waals surface area contributed by atoms with Gasteiger partial charge in [0.1, 0.15) is 0 Å². The lowest BCUT2D eigenvalue weighted by molar-refractivity contribution is 0.639. The Morgan fingerprint density at radius 2 is 2.10 bits per heavy atom. The number of nitrogens with two attached hydrogens (primary N) is 1. The molecule has 102 valence electrons. The first-order valence-electron chi connectivity index (χ1n) is 6.23. The largest absolute Gasteiger partial charge is 0.382 e. The summed E-state index contributed by atoms with van der Waals surface area (Å²) in [5.41, 5.74) is 7.37. The fraction of sp³-hybridized carbons (Fsp3) is 0.214. The molecule has 20 heavy (non-hydrogen) atoms. The average Bonchev–Trinajstić information content (AvgIpc) is 2.48. The van der Waals surface area contributed by atoms with Gasteiger partial charge in [0.25, 0.3) is 5.56 Å². The minimum Gasteiger partial charge on any atom is -0.382 e. The van der Waals surface area contributed by atoms with E-state index in [1.165, 1.54) is 10.7 Å². The number of rotatable bonds is 5. The fourth-order valence-electron chi connectivity index (χ4n) is 1.72. The van der Waals surface area contributed by atoms with E-state index in [9.17, 15) is 4.79 Å². The highest BCUT2D eigenvalue weighted by Gasteiger charge is 2.01. The molecule has 0 saturated heterocycles. The Hall–Kier alpha value is -2.65. The van der Waals surface area contributed by atoms with Crippen LogP contribution in [0.1, 0.15) is 11.1 Å². The first-order chi connectivity index (χ1) is 9.72. The standard InChI is InChI=1S/C14H15N5O/c15-5-6-17-13-7-14(20)19(18-9-13)10-12-3-1-11(8-16)2-4-12/h1-4,7,9,17H,5-6,10,15H2. The summed E-state index contributed by atoms with van der Waals surface area (Å²) < 4.78 is 1.37. The first kappa shape index (κ1) is 13.8. The summed E-state index contributed by atoms with van der Waals surface area (Å²) in [5, 5.41) is 15.8. The molecule has 0 radical (unpaired) electrons. The van der Waals surface area contributed by atoms with Crippen molar-refractivity contribution in [1.29, 1.82) is 5.26 Å². The minimum absolute atomic E-state index is 0.184. The van der Waals surface area contributed by atoms with E-state index < -0.39 is 0 Å². The van der Waals surface area contributed by atoms with Gasteiger partial charge in [-0.3, -0.25) is 4.79 Å². The summed E-state index contributed by atoms with van der Waals surface area (Å²) in [6, 6.07) is 10.6. The van der Waals surface area contributed by atoms with E-state index in [1.807, 2.05) is 12.1 Å². The van der Waals surface area contributed by atoms with Gasteiger partial charge in [-0.15, -0.1) is 0 Å². The highest BCUT2D eigenvalue weighted by molar-refractivity contribution is 5.38. The van der Waals surface area contributed by atoms with Crippen LogP contribution < -0.4 is 16.6 Å². The molecule has 0 aliphatic carbocycles. The summed E-state index contributed by atoms with van der Waals surface area (Å²) in [5.74, 6) is 0. The summed E-state index contributed by atoms with van der Waals surface area (Å²) >= 11 is 0. The second kappa shape index (κ2) is 6.50. The van der Waals surface area contributed by atoms with E-state index >= 15 is 0 Å². The molecule has 0 bridgehead atoms. The number of anilines is 1. The SMILES string of the molecule is N#Cc1ccc(Cn2ncc(NCCN)cc2=O)cc1. The Balaban J connectivity index is 2.13. The van der Waals surface area contributed by atoms with Gasteiger partial charge >= 0.3 is 0 Å². The van der Waals surface area contributed by atoms with Crippen molar-refractivity contribution in [3.05, 3.63) is 58.0 Å².